The van der Waals surface area contributed by atoms with E-state index < -0.39 is 6.36 Å². The molecule has 0 radical (unpaired) electrons. The molecular weight excluding hydrogens is 551 g/mol. The number of carbonyl (C=O) groups excluding carboxylic acids is 1. The molecule has 218 valence electrons. The lowest BCUT2D eigenvalue weighted by Gasteiger charge is -2.36. The summed E-state index contributed by atoms with van der Waals surface area (Å²) in [5.74, 6) is 1.52. The molecule has 0 N–H and O–H groups in total. The first-order chi connectivity index (χ1) is 20.2. The summed E-state index contributed by atoms with van der Waals surface area (Å²) in [4.78, 5) is 27.6. The molecule has 0 aliphatic carbocycles. The number of nitrogens with zero attached hydrogens (tertiary/aromatic N) is 5. The molecule has 3 aromatic heterocycles. The molecule has 12 heteroatoms. The van der Waals surface area contributed by atoms with Gasteiger partial charge in [-0.2, -0.15) is 0 Å². The van der Waals surface area contributed by atoms with Gasteiger partial charge in [0.05, 0.1) is 6.20 Å². The van der Waals surface area contributed by atoms with Crippen LogP contribution in [-0.4, -0.2) is 63.7 Å². The van der Waals surface area contributed by atoms with Crippen molar-refractivity contribution in [2.24, 2.45) is 0 Å². The highest BCUT2D eigenvalue weighted by atomic mass is 19.4. The molecule has 0 bridgehead atoms. The molecule has 1 amide bonds. The zero-order valence-electron chi connectivity index (χ0n) is 22.9. The van der Waals surface area contributed by atoms with Gasteiger partial charge in [-0.1, -0.05) is 30.3 Å². The van der Waals surface area contributed by atoms with Gasteiger partial charge in [0.15, 0.2) is 5.58 Å². The topological polar surface area (TPSA) is 97.7 Å². The van der Waals surface area contributed by atoms with Crippen LogP contribution >= 0.6 is 0 Å². The lowest BCUT2D eigenvalue weighted by molar-refractivity contribution is -0.274. The van der Waals surface area contributed by atoms with Gasteiger partial charge >= 0.3 is 6.36 Å². The van der Waals surface area contributed by atoms with Crippen LogP contribution in [0.4, 0.5) is 13.2 Å². The molecule has 2 aromatic carbocycles. The summed E-state index contributed by atoms with van der Waals surface area (Å²) < 4.78 is 51.7. The van der Waals surface area contributed by atoms with Crippen LogP contribution in [0.2, 0.25) is 0 Å². The number of oxazole rings is 2. The third-order valence-corrected chi connectivity index (χ3v) is 6.59. The van der Waals surface area contributed by atoms with Gasteiger partial charge in [-0.25, -0.2) is 9.97 Å². The van der Waals surface area contributed by atoms with Gasteiger partial charge in [0, 0.05) is 49.7 Å². The second kappa shape index (κ2) is 12.4. The van der Waals surface area contributed by atoms with Crippen molar-refractivity contribution in [2.45, 2.75) is 26.3 Å². The Kier molecular flexibility index (Phi) is 8.53. The Labute approximate surface area is 239 Å². The highest BCUT2D eigenvalue weighted by Crippen LogP contribution is 2.30. The average Bonchev–Trinajstić information content (AvgIpc) is 3.59. The number of pyridine rings is 1. The van der Waals surface area contributed by atoms with E-state index in [9.17, 15) is 18.0 Å². The van der Waals surface area contributed by atoms with Gasteiger partial charge in [0.1, 0.15) is 23.1 Å². The van der Waals surface area contributed by atoms with E-state index in [1.807, 2.05) is 32.0 Å². The number of fused-ring (bicyclic) bond motifs is 1. The Hall–Kier alpha value is -4.71. The van der Waals surface area contributed by atoms with E-state index in [-0.39, 0.29) is 11.8 Å². The number of amides is 1. The SMILES string of the molecule is Cc1cc(-c2nc3cc(OC(F)(F)F)ccc3o2)ccn1.Cc1cnc(C(c2ccccc2)N2CCN(C=O)CC2)o1. The van der Waals surface area contributed by atoms with Crippen molar-refractivity contribution in [3.63, 3.8) is 0 Å². The summed E-state index contributed by atoms with van der Waals surface area (Å²) in [6, 6.07) is 17.5. The molecule has 1 aliphatic rings. The summed E-state index contributed by atoms with van der Waals surface area (Å²) in [7, 11) is 0. The average molecular weight is 580 g/mol. The van der Waals surface area contributed by atoms with Crippen molar-refractivity contribution in [2.75, 3.05) is 26.2 Å². The molecule has 1 atom stereocenters. The van der Waals surface area contributed by atoms with Crippen LogP contribution in [0.25, 0.3) is 22.6 Å². The van der Waals surface area contributed by atoms with Gasteiger partial charge in [-0.3, -0.25) is 14.7 Å². The predicted molar refractivity (Wildman–Crippen MR) is 147 cm³/mol. The van der Waals surface area contributed by atoms with Gasteiger partial charge < -0.3 is 18.5 Å². The van der Waals surface area contributed by atoms with Crippen LogP contribution < -0.4 is 4.74 Å². The van der Waals surface area contributed by atoms with Gasteiger partial charge in [0.2, 0.25) is 18.2 Å². The molecule has 4 heterocycles. The predicted octanol–water partition coefficient (Wildman–Crippen LogP) is 5.94. The van der Waals surface area contributed by atoms with E-state index in [4.69, 9.17) is 8.83 Å². The van der Waals surface area contributed by atoms with E-state index in [0.29, 0.717) is 22.6 Å². The van der Waals surface area contributed by atoms with Gasteiger partial charge in [-0.15, -0.1) is 13.2 Å². The van der Waals surface area contributed by atoms with E-state index in [1.54, 1.807) is 29.4 Å². The minimum atomic E-state index is -4.73. The van der Waals surface area contributed by atoms with E-state index >= 15 is 0 Å². The third kappa shape index (κ3) is 7.13. The monoisotopic (exact) mass is 579 g/mol. The summed E-state index contributed by atoms with van der Waals surface area (Å²) in [5.41, 5.74) is 3.34. The summed E-state index contributed by atoms with van der Waals surface area (Å²) >= 11 is 0. The molecule has 9 nitrogen and oxygen atoms in total. The Morgan fingerprint density at radius 3 is 2.36 bits per heavy atom. The lowest BCUT2D eigenvalue weighted by atomic mass is 10.0. The number of rotatable bonds is 6. The van der Waals surface area contributed by atoms with Crippen LogP contribution in [0.3, 0.4) is 0 Å². The molecular formula is C30H28F3N5O4. The first-order valence-corrected chi connectivity index (χ1v) is 13.2. The van der Waals surface area contributed by atoms with Crippen LogP contribution in [0.1, 0.15) is 29.0 Å². The Morgan fingerprint density at radius 2 is 1.71 bits per heavy atom. The number of hydrogen-bond acceptors (Lipinski definition) is 8. The first-order valence-electron chi connectivity index (χ1n) is 13.2. The number of benzene rings is 2. The number of hydrogen-bond donors (Lipinski definition) is 0. The minimum absolute atomic E-state index is 0.00806. The lowest BCUT2D eigenvalue weighted by Crippen LogP contribution is -2.47. The normalized spacial score (nSPS) is 14.7. The highest BCUT2D eigenvalue weighted by molar-refractivity contribution is 5.77. The zero-order chi connectivity index (χ0) is 29.7. The zero-order valence-corrected chi connectivity index (χ0v) is 22.9. The number of carbonyl (C=O) groups is 1. The number of alkyl halides is 3. The molecule has 1 unspecified atom stereocenters. The Morgan fingerprint density at radius 1 is 0.952 bits per heavy atom. The molecule has 0 saturated carbocycles. The van der Waals surface area contributed by atoms with Crippen molar-refractivity contribution in [1.29, 1.82) is 0 Å². The van der Waals surface area contributed by atoms with E-state index in [0.717, 1.165) is 49.9 Å². The second-order valence-electron chi connectivity index (χ2n) is 9.68. The maximum absolute atomic E-state index is 12.2. The summed E-state index contributed by atoms with van der Waals surface area (Å²) in [5, 5.41) is 0. The van der Waals surface area contributed by atoms with Crippen molar-refractivity contribution >= 4 is 17.5 Å². The molecule has 1 fully saturated rings. The van der Waals surface area contributed by atoms with Crippen molar-refractivity contribution < 1.29 is 31.5 Å². The molecule has 5 aromatic rings. The van der Waals surface area contributed by atoms with E-state index in [1.165, 1.54) is 23.8 Å². The summed E-state index contributed by atoms with van der Waals surface area (Å²) in [6.07, 6.45) is -0.447. The fourth-order valence-corrected chi connectivity index (χ4v) is 4.65. The van der Waals surface area contributed by atoms with Crippen molar-refractivity contribution in [1.82, 2.24) is 24.8 Å². The molecule has 42 heavy (non-hydrogen) atoms. The fourth-order valence-electron chi connectivity index (χ4n) is 4.65. The van der Waals surface area contributed by atoms with Crippen LogP contribution in [0.5, 0.6) is 5.75 Å². The number of aromatic nitrogens is 3. The maximum atomic E-state index is 12.2. The molecule has 0 spiro atoms. The smallest absolute Gasteiger partial charge is 0.444 e. The number of ether oxygens (including phenoxy) is 1. The van der Waals surface area contributed by atoms with Crippen molar-refractivity contribution in [3.8, 4) is 17.2 Å². The Balaban J connectivity index is 0.000000168. The largest absolute Gasteiger partial charge is 0.573 e. The maximum Gasteiger partial charge on any atom is 0.573 e. The molecule has 6 rings (SSSR count). The third-order valence-electron chi connectivity index (χ3n) is 6.59. The number of aryl methyl sites for hydroxylation is 2. The van der Waals surface area contributed by atoms with E-state index in [2.05, 4.69) is 36.7 Å². The second-order valence-corrected chi connectivity index (χ2v) is 9.68. The Bertz CT molecular complexity index is 1630. The standard InChI is InChI=1S/C16H19N3O2.C14H9F3N2O2/c1-13-11-17-16(21-13)15(14-5-3-2-4-6-14)19-9-7-18(12-20)8-10-19;1-8-6-9(4-5-18-8)13-19-11-7-10(21-14(15,16)17)2-3-12(11)20-13/h2-6,11-12,15H,7-10H2,1H3;2-7H,1H3. The number of piperazine rings is 1. The van der Waals surface area contributed by atoms with Crippen LogP contribution in [-0.2, 0) is 4.79 Å². The fraction of sp³-hybridized carbons (Fsp3) is 0.267. The minimum Gasteiger partial charge on any atom is -0.444 e. The quantitative estimate of drug-likeness (QED) is 0.228. The van der Waals surface area contributed by atoms with Gasteiger partial charge in [0.25, 0.3) is 0 Å². The summed E-state index contributed by atoms with van der Waals surface area (Å²) in [6.45, 7) is 6.85. The first kappa shape index (κ1) is 28.8. The molecule has 1 aliphatic heterocycles. The van der Waals surface area contributed by atoms with Gasteiger partial charge in [-0.05, 0) is 43.7 Å². The van der Waals surface area contributed by atoms with Crippen LogP contribution in [0, 0.1) is 13.8 Å². The number of halogens is 3. The van der Waals surface area contributed by atoms with Crippen LogP contribution in [0.15, 0.2) is 81.9 Å². The molecule has 1 saturated heterocycles. The highest BCUT2D eigenvalue weighted by Gasteiger charge is 2.31. The van der Waals surface area contributed by atoms with Crippen molar-refractivity contribution in [3.05, 3.63) is 96.0 Å².